The molecular weight excluding hydrogens is 244 g/mol. The minimum Gasteiger partial charge on any atom is -0.464 e. The van der Waals surface area contributed by atoms with Gasteiger partial charge in [0.1, 0.15) is 23.0 Å². The van der Waals surface area contributed by atoms with Crippen LogP contribution in [0.1, 0.15) is 35.0 Å². The normalized spacial score (nSPS) is 11.9. The van der Waals surface area contributed by atoms with Crippen molar-refractivity contribution in [2.75, 3.05) is 12.4 Å². The fraction of sp³-hybridized carbons (Fsp3) is 0.308. The van der Waals surface area contributed by atoms with Crippen LogP contribution in [-0.2, 0) is 0 Å². The van der Waals surface area contributed by atoms with Gasteiger partial charge in [0.15, 0.2) is 0 Å². The van der Waals surface area contributed by atoms with E-state index in [1.807, 2.05) is 26.0 Å². The molecule has 0 aliphatic rings. The van der Waals surface area contributed by atoms with E-state index >= 15 is 0 Å². The highest BCUT2D eigenvalue weighted by molar-refractivity contribution is 5.92. The number of hydrogen-bond acceptors (Lipinski definition) is 5. The SMILES string of the molecule is CNc1cnc(C(=O)NC(C)c2ccc(C)o2)cn1. The molecule has 1 amide bonds. The predicted octanol–water partition coefficient (Wildman–Crippen LogP) is 1.91. The summed E-state index contributed by atoms with van der Waals surface area (Å²) in [4.78, 5) is 20.0. The Balaban J connectivity index is 2.03. The van der Waals surface area contributed by atoms with E-state index in [9.17, 15) is 4.79 Å². The van der Waals surface area contributed by atoms with E-state index in [1.165, 1.54) is 12.4 Å². The number of carbonyl (C=O) groups excluding carboxylic acids is 1. The summed E-state index contributed by atoms with van der Waals surface area (Å²) in [6, 6.07) is 3.49. The molecule has 1 atom stereocenters. The maximum atomic E-state index is 12.0. The number of amides is 1. The second kappa shape index (κ2) is 5.51. The van der Waals surface area contributed by atoms with Crippen molar-refractivity contribution >= 4 is 11.7 Å². The van der Waals surface area contributed by atoms with Crippen molar-refractivity contribution in [2.45, 2.75) is 19.9 Å². The van der Waals surface area contributed by atoms with E-state index < -0.39 is 0 Å². The fourth-order valence-electron chi connectivity index (χ4n) is 1.60. The molecule has 1 unspecified atom stereocenters. The van der Waals surface area contributed by atoms with Gasteiger partial charge in [-0.05, 0) is 26.0 Å². The lowest BCUT2D eigenvalue weighted by atomic mass is 10.2. The zero-order chi connectivity index (χ0) is 13.8. The van der Waals surface area contributed by atoms with Crippen molar-refractivity contribution in [3.63, 3.8) is 0 Å². The lowest BCUT2D eigenvalue weighted by Gasteiger charge is -2.11. The molecule has 0 aliphatic heterocycles. The van der Waals surface area contributed by atoms with Gasteiger partial charge in [-0.3, -0.25) is 4.79 Å². The molecule has 0 fully saturated rings. The smallest absolute Gasteiger partial charge is 0.272 e. The fourth-order valence-corrected chi connectivity index (χ4v) is 1.60. The summed E-state index contributed by atoms with van der Waals surface area (Å²) in [6.07, 6.45) is 2.94. The minimum atomic E-state index is -0.281. The van der Waals surface area contributed by atoms with E-state index in [2.05, 4.69) is 20.6 Å². The third kappa shape index (κ3) is 3.09. The first-order valence-corrected chi connectivity index (χ1v) is 5.97. The Morgan fingerprint density at radius 2 is 2.11 bits per heavy atom. The number of furan rings is 1. The molecule has 2 aromatic heterocycles. The zero-order valence-electron chi connectivity index (χ0n) is 11.1. The number of nitrogens with one attached hydrogen (secondary N) is 2. The standard InChI is InChI=1S/C13H16N4O2/c1-8-4-5-11(19-8)9(2)17-13(18)10-6-16-12(14-3)7-15-10/h4-7,9H,1-3H3,(H,14,16)(H,17,18). The molecular formula is C13H16N4O2. The lowest BCUT2D eigenvalue weighted by molar-refractivity contribution is 0.0929. The molecule has 19 heavy (non-hydrogen) atoms. The minimum absolute atomic E-state index is 0.216. The summed E-state index contributed by atoms with van der Waals surface area (Å²) in [6.45, 7) is 3.71. The van der Waals surface area contributed by atoms with E-state index in [-0.39, 0.29) is 17.6 Å². The Bertz CT molecular complexity index is 562. The number of rotatable bonds is 4. The first-order chi connectivity index (χ1) is 9.10. The molecule has 6 heteroatoms. The molecule has 6 nitrogen and oxygen atoms in total. The number of aryl methyl sites for hydroxylation is 1. The van der Waals surface area contributed by atoms with Crippen molar-refractivity contribution in [1.29, 1.82) is 0 Å². The molecule has 2 rings (SSSR count). The summed E-state index contributed by atoms with van der Waals surface area (Å²) in [7, 11) is 1.74. The molecule has 0 bridgehead atoms. The predicted molar refractivity (Wildman–Crippen MR) is 70.9 cm³/mol. The van der Waals surface area contributed by atoms with Gasteiger partial charge >= 0.3 is 0 Å². The van der Waals surface area contributed by atoms with E-state index in [1.54, 1.807) is 7.05 Å². The maximum absolute atomic E-state index is 12.0. The van der Waals surface area contributed by atoms with Crippen LogP contribution in [0.3, 0.4) is 0 Å². The number of carbonyl (C=O) groups is 1. The van der Waals surface area contributed by atoms with Crippen LogP contribution in [0.25, 0.3) is 0 Å². The van der Waals surface area contributed by atoms with Crippen LogP contribution in [0.2, 0.25) is 0 Å². The Hall–Kier alpha value is -2.37. The van der Waals surface area contributed by atoms with Crippen molar-refractivity contribution < 1.29 is 9.21 Å². The van der Waals surface area contributed by atoms with Gasteiger partial charge < -0.3 is 15.1 Å². The third-order valence-corrected chi connectivity index (χ3v) is 2.68. The third-order valence-electron chi connectivity index (χ3n) is 2.68. The van der Waals surface area contributed by atoms with Gasteiger partial charge in [-0.1, -0.05) is 0 Å². The maximum Gasteiger partial charge on any atom is 0.272 e. The van der Waals surface area contributed by atoms with E-state index in [0.29, 0.717) is 11.6 Å². The molecule has 0 spiro atoms. The molecule has 0 radical (unpaired) electrons. The van der Waals surface area contributed by atoms with Crippen LogP contribution < -0.4 is 10.6 Å². The first kappa shape index (κ1) is 13.1. The number of anilines is 1. The average molecular weight is 260 g/mol. The molecule has 0 saturated carbocycles. The Morgan fingerprint density at radius 3 is 2.63 bits per heavy atom. The van der Waals surface area contributed by atoms with Crippen LogP contribution in [0, 0.1) is 6.92 Å². The molecule has 2 heterocycles. The molecule has 2 aromatic rings. The van der Waals surface area contributed by atoms with Gasteiger partial charge in [-0.25, -0.2) is 9.97 Å². The van der Waals surface area contributed by atoms with Crippen molar-refractivity contribution in [3.8, 4) is 0 Å². The average Bonchev–Trinajstić information content (AvgIpc) is 2.85. The first-order valence-electron chi connectivity index (χ1n) is 5.97. The van der Waals surface area contributed by atoms with Crippen LogP contribution in [-0.4, -0.2) is 22.9 Å². The highest BCUT2D eigenvalue weighted by Gasteiger charge is 2.15. The number of nitrogens with zero attached hydrogens (tertiary/aromatic N) is 2. The molecule has 0 aromatic carbocycles. The zero-order valence-corrected chi connectivity index (χ0v) is 11.1. The summed E-state index contributed by atoms with van der Waals surface area (Å²) in [5, 5.41) is 5.65. The lowest BCUT2D eigenvalue weighted by Crippen LogP contribution is -2.27. The van der Waals surface area contributed by atoms with Crippen molar-refractivity contribution in [2.24, 2.45) is 0 Å². The van der Waals surface area contributed by atoms with Gasteiger partial charge in [0, 0.05) is 7.05 Å². The summed E-state index contributed by atoms with van der Waals surface area (Å²) < 4.78 is 5.46. The van der Waals surface area contributed by atoms with Gasteiger partial charge in [-0.15, -0.1) is 0 Å². The quantitative estimate of drug-likeness (QED) is 0.877. The summed E-state index contributed by atoms with van der Waals surface area (Å²) >= 11 is 0. The number of aromatic nitrogens is 2. The highest BCUT2D eigenvalue weighted by Crippen LogP contribution is 2.15. The van der Waals surface area contributed by atoms with Gasteiger partial charge in [-0.2, -0.15) is 0 Å². The molecule has 0 saturated heterocycles. The number of hydrogen-bond donors (Lipinski definition) is 2. The molecule has 0 aliphatic carbocycles. The second-order valence-electron chi connectivity index (χ2n) is 4.18. The Labute approximate surface area is 111 Å². The monoisotopic (exact) mass is 260 g/mol. The topological polar surface area (TPSA) is 80.0 Å². The summed E-state index contributed by atoms with van der Waals surface area (Å²) in [5.74, 6) is 1.86. The Kier molecular flexibility index (Phi) is 3.79. The van der Waals surface area contributed by atoms with Crippen molar-refractivity contribution in [3.05, 3.63) is 41.7 Å². The molecule has 2 N–H and O–H groups in total. The van der Waals surface area contributed by atoms with E-state index in [4.69, 9.17) is 4.42 Å². The molecule has 100 valence electrons. The van der Waals surface area contributed by atoms with Crippen LogP contribution in [0.4, 0.5) is 5.82 Å². The summed E-state index contributed by atoms with van der Waals surface area (Å²) in [5.41, 5.74) is 0.272. The largest absolute Gasteiger partial charge is 0.464 e. The van der Waals surface area contributed by atoms with Crippen molar-refractivity contribution in [1.82, 2.24) is 15.3 Å². The van der Waals surface area contributed by atoms with Gasteiger partial charge in [0.2, 0.25) is 0 Å². The van der Waals surface area contributed by atoms with Gasteiger partial charge in [0.25, 0.3) is 5.91 Å². The van der Waals surface area contributed by atoms with Gasteiger partial charge in [0.05, 0.1) is 18.4 Å². The van der Waals surface area contributed by atoms with Crippen LogP contribution >= 0.6 is 0 Å². The second-order valence-corrected chi connectivity index (χ2v) is 4.18. The Morgan fingerprint density at radius 1 is 1.32 bits per heavy atom. The van der Waals surface area contributed by atoms with E-state index in [0.717, 1.165) is 5.76 Å². The van der Waals surface area contributed by atoms with Crippen LogP contribution in [0.15, 0.2) is 28.9 Å². The van der Waals surface area contributed by atoms with Crippen LogP contribution in [0.5, 0.6) is 0 Å². The highest BCUT2D eigenvalue weighted by atomic mass is 16.3.